The third-order valence-corrected chi connectivity index (χ3v) is 4.76. The normalized spacial score (nSPS) is 16.5. The highest BCUT2D eigenvalue weighted by Crippen LogP contribution is 2.38. The molecule has 3 N–H and O–H groups in total. The summed E-state index contributed by atoms with van der Waals surface area (Å²) in [5, 5.41) is 14.8. The molecule has 1 aliphatic heterocycles. The Morgan fingerprint density at radius 3 is 2.91 bits per heavy atom. The summed E-state index contributed by atoms with van der Waals surface area (Å²) < 4.78 is 13.5. The highest BCUT2D eigenvalue weighted by atomic mass is 32.2. The summed E-state index contributed by atoms with van der Waals surface area (Å²) in [5.74, 6) is 0.280. The highest BCUT2D eigenvalue weighted by Gasteiger charge is 2.21. The van der Waals surface area contributed by atoms with Crippen LogP contribution in [-0.4, -0.2) is 23.4 Å². The zero-order chi connectivity index (χ0) is 16.2. The molecule has 3 rings (SSSR count). The number of nitrogens with one attached hydrogen (secondary N) is 2. The van der Waals surface area contributed by atoms with Gasteiger partial charge in [-0.25, -0.2) is 4.39 Å². The van der Waals surface area contributed by atoms with E-state index in [0.29, 0.717) is 5.69 Å². The van der Waals surface area contributed by atoms with Crippen LogP contribution in [-0.2, 0) is 4.79 Å². The molecule has 0 spiro atoms. The molecule has 1 heterocycles. The third kappa shape index (κ3) is 3.83. The van der Waals surface area contributed by atoms with Gasteiger partial charge in [0, 0.05) is 22.0 Å². The van der Waals surface area contributed by atoms with Gasteiger partial charge in [0.1, 0.15) is 12.4 Å². The molecular formula is C17H17FN2O2S. The number of aliphatic hydroxyl groups excluding tert-OH is 1. The second-order valence-electron chi connectivity index (χ2n) is 5.30. The number of thioether (sulfide) groups is 1. The van der Waals surface area contributed by atoms with E-state index in [9.17, 15) is 9.18 Å². The quantitative estimate of drug-likeness (QED) is 0.803. The molecule has 0 fully saturated rings. The summed E-state index contributed by atoms with van der Waals surface area (Å²) in [7, 11) is 0. The predicted molar refractivity (Wildman–Crippen MR) is 90.3 cm³/mol. The second-order valence-corrected chi connectivity index (χ2v) is 6.44. The summed E-state index contributed by atoms with van der Waals surface area (Å²) >= 11 is 1.73. The van der Waals surface area contributed by atoms with Crippen LogP contribution in [0.25, 0.3) is 0 Å². The Balaban J connectivity index is 1.79. The van der Waals surface area contributed by atoms with Crippen LogP contribution in [0.15, 0.2) is 47.4 Å². The summed E-state index contributed by atoms with van der Waals surface area (Å²) in [6.07, 6.45) is 0.897. The van der Waals surface area contributed by atoms with Gasteiger partial charge in [0.25, 0.3) is 0 Å². The molecule has 120 valence electrons. The lowest BCUT2D eigenvalue weighted by molar-refractivity contribution is -0.118. The van der Waals surface area contributed by atoms with Gasteiger partial charge >= 0.3 is 0 Å². The molecule has 0 saturated heterocycles. The fourth-order valence-corrected chi connectivity index (χ4v) is 3.71. The number of aliphatic hydroxyl groups is 1. The fraction of sp³-hybridized carbons (Fsp3) is 0.235. The predicted octanol–water partition coefficient (Wildman–Crippen LogP) is 3.41. The minimum absolute atomic E-state index is 0.0331. The molecule has 6 heteroatoms. The van der Waals surface area contributed by atoms with Crippen LogP contribution in [0.2, 0.25) is 0 Å². The maximum absolute atomic E-state index is 13.5. The van der Waals surface area contributed by atoms with Gasteiger partial charge < -0.3 is 15.7 Å². The van der Waals surface area contributed by atoms with Gasteiger partial charge in [-0.15, -0.1) is 11.8 Å². The van der Waals surface area contributed by atoms with Crippen molar-refractivity contribution in [1.82, 2.24) is 0 Å². The number of carbonyl (C=O) groups excluding carboxylic acids is 1. The standard InChI is InChI=1S/C17H17FN2O2S/c18-11-4-5-16-14(8-11)15(6-7-23-16)19-12-2-1-3-13(9-12)20-17(22)10-21/h1-5,8-9,15,19,21H,6-7,10H2,(H,20,22). The molecule has 0 radical (unpaired) electrons. The highest BCUT2D eigenvalue weighted by molar-refractivity contribution is 7.99. The van der Waals surface area contributed by atoms with Crippen molar-refractivity contribution in [2.45, 2.75) is 17.4 Å². The lowest BCUT2D eigenvalue weighted by atomic mass is 10.0. The summed E-state index contributed by atoms with van der Waals surface area (Å²) in [6, 6.07) is 12.2. The maximum Gasteiger partial charge on any atom is 0.250 e. The van der Waals surface area contributed by atoms with E-state index in [-0.39, 0.29) is 11.9 Å². The Morgan fingerprint density at radius 1 is 1.26 bits per heavy atom. The summed E-state index contributed by atoms with van der Waals surface area (Å²) in [5.41, 5.74) is 2.41. The minimum Gasteiger partial charge on any atom is -0.387 e. The smallest absolute Gasteiger partial charge is 0.250 e. The number of fused-ring (bicyclic) bond motifs is 1. The molecule has 0 aliphatic carbocycles. The molecule has 23 heavy (non-hydrogen) atoms. The molecule has 1 amide bonds. The van der Waals surface area contributed by atoms with E-state index in [1.54, 1.807) is 30.0 Å². The van der Waals surface area contributed by atoms with Crippen molar-refractivity contribution in [3.8, 4) is 0 Å². The Hall–Kier alpha value is -2.05. The molecular weight excluding hydrogens is 315 g/mol. The molecule has 2 aromatic rings. The van der Waals surface area contributed by atoms with E-state index in [0.717, 1.165) is 28.3 Å². The van der Waals surface area contributed by atoms with Crippen molar-refractivity contribution in [2.75, 3.05) is 23.0 Å². The first-order valence-electron chi connectivity index (χ1n) is 7.35. The van der Waals surface area contributed by atoms with E-state index in [4.69, 9.17) is 5.11 Å². The molecule has 0 saturated carbocycles. The molecule has 1 unspecified atom stereocenters. The van der Waals surface area contributed by atoms with Crippen LogP contribution in [0.4, 0.5) is 15.8 Å². The zero-order valence-electron chi connectivity index (χ0n) is 12.4. The van der Waals surface area contributed by atoms with E-state index >= 15 is 0 Å². The Morgan fingerprint density at radius 2 is 2.09 bits per heavy atom. The van der Waals surface area contributed by atoms with Crippen LogP contribution in [0, 0.1) is 5.82 Å². The first kappa shape index (κ1) is 15.8. The largest absolute Gasteiger partial charge is 0.387 e. The first-order valence-corrected chi connectivity index (χ1v) is 8.34. The van der Waals surface area contributed by atoms with Crippen molar-refractivity contribution in [2.24, 2.45) is 0 Å². The molecule has 1 atom stereocenters. The van der Waals surface area contributed by atoms with Gasteiger partial charge in [-0.3, -0.25) is 4.79 Å². The Labute approximate surface area is 138 Å². The van der Waals surface area contributed by atoms with E-state index in [1.807, 2.05) is 18.2 Å². The third-order valence-electron chi connectivity index (χ3n) is 3.64. The van der Waals surface area contributed by atoms with Gasteiger partial charge in [0.05, 0.1) is 6.04 Å². The number of anilines is 2. The van der Waals surface area contributed by atoms with Crippen molar-refractivity contribution in [1.29, 1.82) is 0 Å². The average molecular weight is 332 g/mol. The van der Waals surface area contributed by atoms with Crippen LogP contribution in [0.3, 0.4) is 0 Å². The molecule has 2 aromatic carbocycles. The molecule has 0 bridgehead atoms. The van der Waals surface area contributed by atoms with Crippen molar-refractivity contribution in [3.05, 3.63) is 53.8 Å². The molecule has 0 aromatic heterocycles. The van der Waals surface area contributed by atoms with Crippen LogP contribution < -0.4 is 10.6 Å². The van der Waals surface area contributed by atoms with Crippen LogP contribution in [0.5, 0.6) is 0 Å². The van der Waals surface area contributed by atoms with Crippen molar-refractivity contribution < 1.29 is 14.3 Å². The zero-order valence-corrected chi connectivity index (χ0v) is 13.2. The van der Waals surface area contributed by atoms with Crippen molar-refractivity contribution in [3.63, 3.8) is 0 Å². The number of halogens is 1. The second kappa shape index (κ2) is 7.02. The Kier molecular flexibility index (Phi) is 4.83. The van der Waals surface area contributed by atoms with Gasteiger partial charge in [0.2, 0.25) is 5.91 Å². The first-order chi connectivity index (χ1) is 11.2. The number of amides is 1. The number of hydrogen-bond acceptors (Lipinski definition) is 4. The monoisotopic (exact) mass is 332 g/mol. The van der Waals surface area contributed by atoms with Crippen LogP contribution in [0.1, 0.15) is 18.0 Å². The summed E-state index contributed by atoms with van der Waals surface area (Å²) in [6.45, 7) is -0.551. The van der Waals surface area contributed by atoms with E-state index in [1.165, 1.54) is 6.07 Å². The number of carbonyl (C=O) groups is 1. The maximum atomic E-state index is 13.5. The van der Waals surface area contributed by atoms with Crippen LogP contribution >= 0.6 is 11.8 Å². The van der Waals surface area contributed by atoms with Gasteiger partial charge in [-0.05, 0) is 48.4 Å². The SMILES string of the molecule is O=C(CO)Nc1cccc(NC2CCSc3ccc(F)cc32)c1. The average Bonchev–Trinajstić information content (AvgIpc) is 2.55. The fourth-order valence-electron chi connectivity index (χ4n) is 2.60. The van der Waals surface area contributed by atoms with E-state index < -0.39 is 12.5 Å². The lowest BCUT2D eigenvalue weighted by Gasteiger charge is -2.27. The Bertz CT molecular complexity index is 723. The van der Waals surface area contributed by atoms with E-state index in [2.05, 4.69) is 10.6 Å². The molecule has 4 nitrogen and oxygen atoms in total. The van der Waals surface area contributed by atoms with Gasteiger partial charge in [-0.2, -0.15) is 0 Å². The number of hydrogen-bond donors (Lipinski definition) is 3. The lowest BCUT2D eigenvalue weighted by Crippen LogP contribution is -2.17. The minimum atomic E-state index is -0.551. The van der Waals surface area contributed by atoms with Gasteiger partial charge in [0.15, 0.2) is 0 Å². The van der Waals surface area contributed by atoms with Crippen molar-refractivity contribution >= 4 is 29.0 Å². The summed E-state index contributed by atoms with van der Waals surface area (Å²) in [4.78, 5) is 12.4. The topological polar surface area (TPSA) is 61.4 Å². The number of benzene rings is 2. The van der Waals surface area contributed by atoms with Gasteiger partial charge in [-0.1, -0.05) is 6.07 Å². The number of rotatable bonds is 4. The molecule has 1 aliphatic rings.